The summed E-state index contributed by atoms with van der Waals surface area (Å²) in [5.74, 6) is -2.04. The molecule has 0 saturated carbocycles. The Hall–Kier alpha value is -6.31. The summed E-state index contributed by atoms with van der Waals surface area (Å²) >= 11 is 7.21. The number of amides is 5. The average Bonchev–Trinajstić information content (AvgIpc) is 4.04. The summed E-state index contributed by atoms with van der Waals surface area (Å²) in [6, 6.07) is 17.1. The number of ether oxygens (including phenoxy) is 2. The van der Waals surface area contributed by atoms with Crippen LogP contribution in [0.2, 0.25) is 0 Å². The van der Waals surface area contributed by atoms with Crippen molar-refractivity contribution < 1.29 is 51.7 Å². The number of thiazole rings is 1. The number of nitrogens with zero attached hydrogens (tertiary/aromatic N) is 6. The Morgan fingerprint density at radius 2 is 1.64 bits per heavy atom. The van der Waals surface area contributed by atoms with Crippen molar-refractivity contribution in [3.63, 3.8) is 0 Å². The first-order valence-electron chi connectivity index (χ1n) is 24.9. The van der Waals surface area contributed by atoms with Gasteiger partial charge in [0, 0.05) is 57.1 Å². The quantitative estimate of drug-likeness (QED) is 0.0655. The van der Waals surface area contributed by atoms with Crippen LogP contribution >= 0.6 is 23.6 Å². The average molecular weight is 1070 g/mol. The van der Waals surface area contributed by atoms with Crippen LogP contribution in [0.1, 0.15) is 106 Å². The normalized spacial score (nSPS) is 18.6. The van der Waals surface area contributed by atoms with Crippen molar-refractivity contribution >= 4 is 69.6 Å². The van der Waals surface area contributed by atoms with Gasteiger partial charge in [-0.1, -0.05) is 45.0 Å². The number of benzene rings is 3. The molecule has 16 nitrogen and oxygen atoms in total. The third-order valence-electron chi connectivity index (χ3n) is 13.7. The fourth-order valence-corrected chi connectivity index (χ4v) is 10.8. The molecule has 0 radical (unpaired) electrons. The lowest BCUT2D eigenvalue weighted by Crippen LogP contribution is -2.58. The zero-order valence-electron chi connectivity index (χ0n) is 42.9. The van der Waals surface area contributed by atoms with Crippen molar-refractivity contribution in [2.75, 3.05) is 49.3 Å². The zero-order valence-corrected chi connectivity index (χ0v) is 44.5. The minimum atomic E-state index is -4.82. The number of piperidine rings is 1. The van der Waals surface area contributed by atoms with Crippen LogP contribution in [0.5, 0.6) is 0 Å². The number of likely N-dealkylation sites (tertiary alicyclic amines) is 2. The molecule has 3 aliphatic rings. The molecule has 3 N–H and O–H groups in total. The molecule has 4 aromatic rings. The fraction of sp³-hybridized carbons (Fsp3) is 0.481. The van der Waals surface area contributed by atoms with E-state index in [2.05, 4.69) is 15.6 Å². The topological polar surface area (TPSA) is 198 Å². The minimum Gasteiger partial charge on any atom is -0.391 e. The van der Waals surface area contributed by atoms with E-state index >= 15 is 0 Å². The molecular formula is C54H63F3N8O8S2. The molecule has 0 aliphatic carbocycles. The molecule has 75 heavy (non-hydrogen) atoms. The van der Waals surface area contributed by atoms with E-state index in [9.17, 15) is 47.5 Å². The summed E-state index contributed by atoms with van der Waals surface area (Å²) in [7, 11) is 0. The lowest BCUT2D eigenvalue weighted by Gasteiger charge is -2.35. The SMILES string of the molecule is Cc1ncsc1-c1ccc(CNC(=O)[C@@H]2C[C@@H](O)CN2C(=O)C(NC(=O)COCCCCCOC2CCN(C(=O)c3ccc(N4C(=S)N(c5ccc(C#N)c(C(F)(F)F)c5)C(=O)C4(C)C)cc3)CC2)C(C)(C)C)cc1. The van der Waals surface area contributed by atoms with Gasteiger partial charge in [0.2, 0.25) is 17.7 Å². The van der Waals surface area contributed by atoms with Crippen LogP contribution in [-0.4, -0.2) is 124 Å². The summed E-state index contributed by atoms with van der Waals surface area (Å²) in [6.45, 7) is 12.4. The van der Waals surface area contributed by atoms with Gasteiger partial charge in [0.05, 0.1) is 51.2 Å². The number of alkyl halides is 3. The fourth-order valence-electron chi connectivity index (χ4n) is 9.50. The van der Waals surface area contributed by atoms with E-state index in [1.807, 2.05) is 52.0 Å². The largest absolute Gasteiger partial charge is 0.417 e. The first kappa shape index (κ1) is 56.4. The number of hydrogen-bond acceptors (Lipinski definition) is 12. The Labute approximate surface area is 444 Å². The minimum absolute atomic E-state index is 0.0202. The number of unbranched alkanes of at least 4 members (excludes halogenated alkanes) is 2. The van der Waals surface area contributed by atoms with Crippen molar-refractivity contribution in [1.29, 1.82) is 5.26 Å². The maximum absolute atomic E-state index is 14.0. The number of thiocarbonyl (C=S) groups is 1. The molecule has 3 fully saturated rings. The van der Waals surface area contributed by atoms with Gasteiger partial charge in [-0.05, 0) is 124 Å². The zero-order chi connectivity index (χ0) is 54.4. The Morgan fingerprint density at radius 1 is 0.973 bits per heavy atom. The highest BCUT2D eigenvalue weighted by molar-refractivity contribution is 7.81. The second-order valence-electron chi connectivity index (χ2n) is 20.6. The monoisotopic (exact) mass is 1070 g/mol. The van der Waals surface area contributed by atoms with Crippen LogP contribution in [-0.2, 0) is 41.4 Å². The highest BCUT2D eigenvalue weighted by atomic mass is 32.1. The molecule has 4 heterocycles. The molecule has 400 valence electrons. The van der Waals surface area contributed by atoms with Gasteiger partial charge in [-0.25, -0.2) is 4.98 Å². The number of rotatable bonds is 18. The summed E-state index contributed by atoms with van der Waals surface area (Å²) in [5.41, 5.74) is 1.71. The second-order valence-corrected chi connectivity index (χ2v) is 21.8. The smallest absolute Gasteiger partial charge is 0.391 e. The number of anilines is 2. The lowest BCUT2D eigenvalue weighted by molar-refractivity contribution is -0.144. The maximum atomic E-state index is 14.0. The maximum Gasteiger partial charge on any atom is 0.417 e. The molecule has 3 aromatic carbocycles. The first-order chi connectivity index (χ1) is 35.5. The van der Waals surface area contributed by atoms with Gasteiger partial charge >= 0.3 is 6.18 Å². The van der Waals surface area contributed by atoms with Gasteiger partial charge in [0.25, 0.3) is 11.8 Å². The number of nitrogens with one attached hydrogen (secondary N) is 2. The standard InChI is InChI=1S/C54H63F3N8O8S2/c1-33-45(75-32-60-33)35-12-10-34(11-13-35)29-59-47(68)43-27-40(66)30-63(43)49(70)46(52(2,3)4)61-44(67)31-72-24-8-7-9-25-73-41-20-22-62(23-21-41)48(69)36-14-17-38(18-15-36)65-51(74)64(50(71)53(65,5)6)39-19-16-37(28-58)42(26-39)54(55,56)57/h10-19,26,32,40-41,43,46,66H,7-9,20-25,27,29-31H2,1-6H3,(H,59,68)(H,61,67)/t40-,43+,46?/m1/s1. The Kier molecular flexibility index (Phi) is 17.8. The van der Waals surface area contributed by atoms with E-state index in [1.54, 1.807) is 65.9 Å². The molecular weight excluding hydrogens is 1010 g/mol. The number of aliphatic hydroxyl groups is 1. The highest BCUT2D eigenvalue weighted by Gasteiger charge is 2.51. The molecule has 1 unspecified atom stereocenters. The van der Waals surface area contributed by atoms with E-state index in [1.165, 1.54) is 15.9 Å². The number of aryl methyl sites for hydroxylation is 1. The molecule has 7 rings (SSSR count). The highest BCUT2D eigenvalue weighted by Crippen LogP contribution is 2.40. The van der Waals surface area contributed by atoms with Crippen molar-refractivity contribution in [3.05, 3.63) is 100 Å². The second kappa shape index (κ2) is 23.7. The third kappa shape index (κ3) is 13.2. The van der Waals surface area contributed by atoms with Crippen LogP contribution in [0.4, 0.5) is 24.5 Å². The van der Waals surface area contributed by atoms with Crippen molar-refractivity contribution in [2.45, 2.75) is 123 Å². The lowest BCUT2D eigenvalue weighted by atomic mass is 9.85. The molecule has 5 amide bonds. The van der Waals surface area contributed by atoms with Gasteiger partial charge in [-0.15, -0.1) is 11.3 Å². The Balaban J connectivity index is 0.791. The third-order valence-corrected chi connectivity index (χ3v) is 15.0. The first-order valence-corrected chi connectivity index (χ1v) is 26.2. The number of aromatic nitrogens is 1. The molecule has 21 heteroatoms. The van der Waals surface area contributed by atoms with Crippen LogP contribution in [0.15, 0.2) is 72.2 Å². The molecule has 0 bridgehead atoms. The summed E-state index contributed by atoms with van der Waals surface area (Å²) < 4.78 is 53.1. The number of aliphatic hydroxyl groups excluding tert-OH is 1. The number of carbonyl (C=O) groups excluding carboxylic acids is 5. The number of β-amino-alcohol motifs (C(OH)–C–C–N with tert-alkyl or cyclic N) is 1. The summed E-state index contributed by atoms with van der Waals surface area (Å²) in [5, 5.41) is 25.5. The van der Waals surface area contributed by atoms with Crippen LogP contribution in [0, 0.1) is 23.7 Å². The summed E-state index contributed by atoms with van der Waals surface area (Å²) in [6.07, 6.45) is -2.12. The van der Waals surface area contributed by atoms with E-state index < -0.39 is 64.2 Å². The molecule has 3 atom stereocenters. The van der Waals surface area contributed by atoms with E-state index in [0.29, 0.717) is 56.8 Å². The summed E-state index contributed by atoms with van der Waals surface area (Å²) in [4.78, 5) is 78.8. The Morgan fingerprint density at radius 3 is 2.27 bits per heavy atom. The van der Waals surface area contributed by atoms with E-state index in [0.717, 1.165) is 51.6 Å². The Bertz CT molecular complexity index is 2790. The predicted molar refractivity (Wildman–Crippen MR) is 280 cm³/mol. The number of nitriles is 1. The number of hydrogen-bond donors (Lipinski definition) is 3. The van der Waals surface area contributed by atoms with Crippen molar-refractivity contribution in [1.82, 2.24) is 25.4 Å². The van der Waals surface area contributed by atoms with Gasteiger partial charge < -0.3 is 39.9 Å². The molecule has 3 aliphatic heterocycles. The van der Waals surface area contributed by atoms with Gasteiger partial charge in [0.1, 0.15) is 24.2 Å². The van der Waals surface area contributed by atoms with E-state index in [-0.39, 0.29) is 54.8 Å². The van der Waals surface area contributed by atoms with Crippen LogP contribution < -0.4 is 20.4 Å². The number of carbonyl (C=O) groups is 5. The number of halogens is 3. The molecule has 0 spiro atoms. The molecule has 3 saturated heterocycles. The predicted octanol–water partition coefficient (Wildman–Crippen LogP) is 7.54. The van der Waals surface area contributed by atoms with Crippen LogP contribution in [0.3, 0.4) is 0 Å². The van der Waals surface area contributed by atoms with Crippen molar-refractivity contribution in [2.24, 2.45) is 5.41 Å². The van der Waals surface area contributed by atoms with Gasteiger partial charge in [-0.3, -0.25) is 28.9 Å². The van der Waals surface area contributed by atoms with Crippen molar-refractivity contribution in [3.8, 4) is 16.5 Å². The van der Waals surface area contributed by atoms with Crippen LogP contribution in [0.25, 0.3) is 10.4 Å². The molecule has 1 aromatic heterocycles. The van der Waals surface area contributed by atoms with Gasteiger partial charge in [-0.2, -0.15) is 18.4 Å². The van der Waals surface area contributed by atoms with E-state index in [4.69, 9.17) is 21.7 Å². The van der Waals surface area contributed by atoms with Gasteiger partial charge in [0.15, 0.2) is 5.11 Å².